The van der Waals surface area contributed by atoms with Gasteiger partial charge in [-0.2, -0.15) is 4.31 Å². The third-order valence-electron chi connectivity index (χ3n) is 3.24. The van der Waals surface area contributed by atoms with Crippen LogP contribution in [0.3, 0.4) is 0 Å². The minimum absolute atomic E-state index is 0.00666. The molecule has 1 aromatic rings. The molecule has 5 nitrogen and oxygen atoms in total. The molecule has 1 aromatic carbocycles. The molecule has 0 saturated heterocycles. The Hall–Kier alpha value is -1.24. The summed E-state index contributed by atoms with van der Waals surface area (Å²) >= 11 is 12.2. The maximum Gasteiger partial charge on any atom is 0.269 e. The van der Waals surface area contributed by atoms with Crippen LogP contribution >= 0.6 is 23.2 Å². The van der Waals surface area contributed by atoms with E-state index in [4.69, 9.17) is 27.9 Å². The fourth-order valence-electron chi connectivity index (χ4n) is 2.00. The minimum Gasteiger partial charge on any atom is -0.489 e. The van der Waals surface area contributed by atoms with Crippen molar-refractivity contribution in [3.63, 3.8) is 0 Å². The first-order valence-corrected chi connectivity index (χ1v) is 8.69. The van der Waals surface area contributed by atoms with Crippen molar-refractivity contribution >= 4 is 44.8 Å². The van der Waals surface area contributed by atoms with Crippen LogP contribution in [0.5, 0.6) is 5.75 Å². The Kier molecular flexibility index (Phi) is 4.48. The van der Waals surface area contributed by atoms with Crippen LogP contribution in [-0.4, -0.2) is 20.4 Å². The van der Waals surface area contributed by atoms with Crippen molar-refractivity contribution in [3.8, 4) is 5.75 Å². The van der Waals surface area contributed by atoms with Crippen LogP contribution in [0.1, 0.15) is 27.7 Å². The highest BCUT2D eigenvalue weighted by atomic mass is 35.5. The van der Waals surface area contributed by atoms with E-state index in [1.54, 1.807) is 0 Å². The third kappa shape index (κ3) is 2.71. The smallest absolute Gasteiger partial charge is 0.269 e. The molecule has 0 bridgehead atoms. The Balaban J connectivity index is 2.56. The number of sulfonamides is 1. The maximum absolute atomic E-state index is 12.4. The van der Waals surface area contributed by atoms with Crippen molar-refractivity contribution in [3.05, 3.63) is 32.7 Å². The molecule has 8 heteroatoms. The average Bonchev–Trinajstić information content (AvgIpc) is 2.54. The predicted octanol–water partition coefficient (Wildman–Crippen LogP) is 3.75. The summed E-state index contributed by atoms with van der Waals surface area (Å²) in [4.78, 5) is 12.2. The number of ether oxygens (including phenoxy) is 1. The molecule has 0 spiro atoms. The highest BCUT2D eigenvalue weighted by Gasteiger charge is 2.41. The Morgan fingerprint density at radius 1 is 1.14 bits per heavy atom. The van der Waals surface area contributed by atoms with Gasteiger partial charge in [0.15, 0.2) is 0 Å². The van der Waals surface area contributed by atoms with Gasteiger partial charge in [-0.25, -0.2) is 8.42 Å². The van der Waals surface area contributed by atoms with E-state index in [2.05, 4.69) is 0 Å². The summed E-state index contributed by atoms with van der Waals surface area (Å²) in [6.07, 6.45) is -0.122. The van der Waals surface area contributed by atoms with E-state index in [9.17, 15) is 13.2 Å². The number of nitrogens with zero attached hydrogens (tertiary/aromatic N) is 1. The Bertz CT molecular complexity index is 784. The molecule has 1 aliphatic rings. The third-order valence-corrected chi connectivity index (χ3v) is 5.76. The van der Waals surface area contributed by atoms with E-state index in [1.807, 2.05) is 13.8 Å². The standard InChI is InChI=1S/C14H15Cl2NO4S/c1-7(2)21-13-6-10(15)12(5-11(13)16)17-14(18)8(3)9(4)22(17,19)20/h5-7H,1-4H3. The van der Waals surface area contributed by atoms with Crippen molar-refractivity contribution in [2.24, 2.45) is 0 Å². The van der Waals surface area contributed by atoms with E-state index >= 15 is 0 Å². The lowest BCUT2D eigenvalue weighted by molar-refractivity contribution is -0.113. The molecule has 2 rings (SSSR count). The Morgan fingerprint density at radius 2 is 1.73 bits per heavy atom. The fourth-order valence-corrected chi connectivity index (χ4v) is 4.00. The van der Waals surface area contributed by atoms with Gasteiger partial charge in [0.05, 0.1) is 26.7 Å². The summed E-state index contributed by atoms with van der Waals surface area (Å²) in [7, 11) is -3.91. The van der Waals surface area contributed by atoms with Gasteiger partial charge < -0.3 is 4.74 Å². The van der Waals surface area contributed by atoms with Gasteiger partial charge in [0.2, 0.25) is 0 Å². The first-order valence-electron chi connectivity index (χ1n) is 6.50. The minimum atomic E-state index is -3.91. The van der Waals surface area contributed by atoms with E-state index in [0.717, 1.165) is 0 Å². The lowest BCUT2D eigenvalue weighted by Gasteiger charge is -2.20. The molecule has 0 fully saturated rings. The molecule has 1 amide bonds. The lowest BCUT2D eigenvalue weighted by atomic mass is 10.2. The quantitative estimate of drug-likeness (QED) is 0.820. The van der Waals surface area contributed by atoms with Crippen LogP contribution in [-0.2, 0) is 14.8 Å². The number of anilines is 1. The summed E-state index contributed by atoms with van der Waals surface area (Å²) in [5, 5.41) is 0.248. The van der Waals surface area contributed by atoms with E-state index in [1.165, 1.54) is 26.0 Å². The number of carbonyl (C=O) groups excluding carboxylic acids is 1. The van der Waals surface area contributed by atoms with Crippen LogP contribution in [0.15, 0.2) is 22.6 Å². The normalized spacial score (nSPS) is 17.6. The molecule has 0 aliphatic carbocycles. The zero-order chi connectivity index (χ0) is 16.8. The average molecular weight is 364 g/mol. The van der Waals surface area contributed by atoms with Gasteiger partial charge in [0.1, 0.15) is 5.75 Å². The van der Waals surface area contributed by atoms with Crippen LogP contribution < -0.4 is 9.04 Å². The highest BCUT2D eigenvalue weighted by Crippen LogP contribution is 2.41. The van der Waals surface area contributed by atoms with Crippen LogP contribution in [0.25, 0.3) is 0 Å². The summed E-state index contributed by atoms with van der Waals surface area (Å²) in [6.45, 7) is 6.49. The van der Waals surface area contributed by atoms with Crippen molar-refractivity contribution in [1.82, 2.24) is 0 Å². The van der Waals surface area contributed by atoms with Gasteiger partial charge in [-0.3, -0.25) is 4.79 Å². The van der Waals surface area contributed by atoms with Gasteiger partial charge in [-0.05, 0) is 33.8 Å². The zero-order valence-corrected chi connectivity index (χ0v) is 14.8. The van der Waals surface area contributed by atoms with Crippen molar-refractivity contribution < 1.29 is 17.9 Å². The van der Waals surface area contributed by atoms with Crippen LogP contribution in [0, 0.1) is 0 Å². The number of rotatable bonds is 3. The molecule has 0 N–H and O–H groups in total. The SMILES string of the molecule is CC1=C(C)S(=O)(=O)N(c2cc(Cl)c(OC(C)C)cc2Cl)C1=O. The monoisotopic (exact) mass is 363 g/mol. The number of halogens is 2. The van der Waals surface area contributed by atoms with Crippen molar-refractivity contribution in [1.29, 1.82) is 0 Å². The van der Waals surface area contributed by atoms with Crippen molar-refractivity contribution in [2.45, 2.75) is 33.8 Å². The number of carbonyl (C=O) groups is 1. The lowest BCUT2D eigenvalue weighted by Crippen LogP contribution is -2.31. The summed E-state index contributed by atoms with van der Waals surface area (Å²) in [6, 6.07) is 2.73. The molecule has 0 unspecified atom stereocenters. The second kappa shape index (κ2) is 5.76. The van der Waals surface area contributed by atoms with Gasteiger partial charge >= 0.3 is 0 Å². The van der Waals surface area contributed by atoms with E-state index in [-0.39, 0.29) is 32.3 Å². The van der Waals surface area contributed by atoms with Gasteiger partial charge in [0, 0.05) is 11.6 Å². The first-order chi connectivity index (χ1) is 10.1. The Morgan fingerprint density at radius 3 is 2.18 bits per heavy atom. The topological polar surface area (TPSA) is 63.7 Å². The molecule has 120 valence electrons. The van der Waals surface area contributed by atoms with Crippen molar-refractivity contribution in [2.75, 3.05) is 4.31 Å². The Labute approximate surface area is 139 Å². The first kappa shape index (κ1) is 17.1. The fraction of sp³-hybridized carbons (Fsp3) is 0.357. The van der Waals surface area contributed by atoms with E-state index < -0.39 is 15.9 Å². The molecule has 22 heavy (non-hydrogen) atoms. The number of benzene rings is 1. The summed E-state index contributed by atoms with van der Waals surface area (Å²) in [5.74, 6) is -0.302. The van der Waals surface area contributed by atoms with Gasteiger partial charge in [-0.15, -0.1) is 0 Å². The molecule has 1 heterocycles. The molecule has 0 atom stereocenters. The molecule has 0 aromatic heterocycles. The second-order valence-corrected chi connectivity index (χ2v) is 7.90. The molecule has 1 aliphatic heterocycles. The van der Waals surface area contributed by atoms with Gasteiger partial charge in [-0.1, -0.05) is 23.2 Å². The van der Waals surface area contributed by atoms with Crippen LogP contribution in [0.2, 0.25) is 10.0 Å². The summed E-state index contributed by atoms with van der Waals surface area (Å²) in [5.41, 5.74) is 0.179. The molecule has 0 radical (unpaired) electrons. The number of hydrogen-bond acceptors (Lipinski definition) is 4. The number of allylic oxidation sites excluding steroid dienone is 1. The summed E-state index contributed by atoms with van der Waals surface area (Å²) < 4.78 is 30.9. The number of amides is 1. The number of hydrogen-bond donors (Lipinski definition) is 0. The largest absolute Gasteiger partial charge is 0.489 e. The maximum atomic E-state index is 12.4. The molecular formula is C14H15Cl2NO4S. The van der Waals surface area contributed by atoms with Crippen LogP contribution in [0.4, 0.5) is 5.69 Å². The molecular weight excluding hydrogens is 349 g/mol. The second-order valence-electron chi connectivity index (χ2n) is 5.16. The zero-order valence-electron chi connectivity index (χ0n) is 12.5. The van der Waals surface area contributed by atoms with Gasteiger partial charge in [0.25, 0.3) is 15.9 Å². The predicted molar refractivity (Wildman–Crippen MR) is 87.0 cm³/mol. The molecule has 0 saturated carbocycles. The van der Waals surface area contributed by atoms with E-state index in [0.29, 0.717) is 10.1 Å². The highest BCUT2D eigenvalue weighted by molar-refractivity contribution is 7.97.